The second-order valence-corrected chi connectivity index (χ2v) is 2.60. The molecule has 0 saturated carbocycles. The summed E-state index contributed by atoms with van der Waals surface area (Å²) in [6.45, 7) is -0.293. The summed E-state index contributed by atoms with van der Waals surface area (Å²) in [6, 6.07) is -1.61. The number of halogens is 3. The molecule has 1 aliphatic rings. The van der Waals surface area contributed by atoms with Crippen molar-refractivity contribution in [2.24, 2.45) is 0 Å². The summed E-state index contributed by atoms with van der Waals surface area (Å²) in [5, 5.41) is 4.42. The number of carbonyl (C=O) groups excluding carboxylic acids is 1. The van der Waals surface area contributed by atoms with Crippen molar-refractivity contribution in [2.45, 2.75) is 18.6 Å². The van der Waals surface area contributed by atoms with Crippen molar-refractivity contribution in [2.75, 3.05) is 13.1 Å². The second kappa shape index (κ2) is 3.30. The number of hydrogen-bond donors (Lipinski definition) is 2. The SMILES string of the molecule is O=C1CCNC(C(F)(F)F)CN1. The molecule has 1 unspecified atom stereocenters. The summed E-state index contributed by atoms with van der Waals surface area (Å²) < 4.78 is 36.1. The highest BCUT2D eigenvalue weighted by Gasteiger charge is 2.40. The Hall–Kier alpha value is -0.780. The quantitative estimate of drug-likeness (QED) is 0.554. The zero-order chi connectivity index (χ0) is 9.19. The average molecular weight is 182 g/mol. The minimum atomic E-state index is -4.28. The number of rotatable bonds is 0. The van der Waals surface area contributed by atoms with Crippen molar-refractivity contribution in [3.8, 4) is 0 Å². The van der Waals surface area contributed by atoms with E-state index in [1.807, 2.05) is 0 Å². The van der Waals surface area contributed by atoms with Crippen molar-refractivity contribution in [3.63, 3.8) is 0 Å². The lowest BCUT2D eigenvalue weighted by molar-refractivity contribution is -0.153. The molecule has 0 radical (unpaired) electrons. The largest absolute Gasteiger partial charge is 0.405 e. The van der Waals surface area contributed by atoms with Gasteiger partial charge in [0.05, 0.1) is 0 Å². The summed E-state index contributed by atoms with van der Waals surface area (Å²) in [4.78, 5) is 10.6. The molecule has 0 spiro atoms. The van der Waals surface area contributed by atoms with E-state index in [1.165, 1.54) is 0 Å². The standard InChI is InChI=1S/C6H9F3N2O/c7-6(8,9)4-3-11-5(12)1-2-10-4/h4,10H,1-3H2,(H,11,12). The Morgan fingerprint density at radius 2 is 2.08 bits per heavy atom. The molecule has 1 heterocycles. The van der Waals surface area contributed by atoms with Gasteiger partial charge in [0.15, 0.2) is 0 Å². The summed E-state index contributed by atoms with van der Waals surface area (Å²) in [5.74, 6) is -0.339. The van der Waals surface area contributed by atoms with Gasteiger partial charge in [-0.3, -0.25) is 4.79 Å². The minimum absolute atomic E-state index is 0.0794. The maximum Gasteiger partial charge on any atom is 0.405 e. The highest BCUT2D eigenvalue weighted by Crippen LogP contribution is 2.20. The van der Waals surface area contributed by atoms with E-state index in [0.717, 1.165) is 0 Å². The maximum atomic E-state index is 12.0. The third-order valence-electron chi connectivity index (χ3n) is 1.64. The fourth-order valence-electron chi connectivity index (χ4n) is 0.968. The van der Waals surface area contributed by atoms with Gasteiger partial charge in [0.25, 0.3) is 0 Å². The van der Waals surface area contributed by atoms with Crippen LogP contribution >= 0.6 is 0 Å². The Balaban J connectivity index is 2.52. The third-order valence-corrected chi connectivity index (χ3v) is 1.64. The van der Waals surface area contributed by atoms with E-state index in [-0.39, 0.29) is 25.4 Å². The lowest BCUT2D eigenvalue weighted by atomic mass is 10.3. The van der Waals surface area contributed by atoms with Crippen LogP contribution in [0.5, 0.6) is 0 Å². The Labute approximate surface area is 67.3 Å². The first-order valence-corrected chi connectivity index (χ1v) is 3.57. The van der Waals surface area contributed by atoms with Crippen molar-refractivity contribution in [3.05, 3.63) is 0 Å². The van der Waals surface area contributed by atoms with Crippen LogP contribution in [-0.2, 0) is 4.79 Å². The molecule has 1 fully saturated rings. The Bertz CT molecular complexity index is 180. The van der Waals surface area contributed by atoms with Gasteiger partial charge in [0, 0.05) is 19.5 Å². The highest BCUT2D eigenvalue weighted by molar-refractivity contribution is 5.76. The van der Waals surface area contributed by atoms with E-state index in [9.17, 15) is 18.0 Å². The maximum absolute atomic E-state index is 12.0. The Morgan fingerprint density at radius 1 is 1.42 bits per heavy atom. The smallest absolute Gasteiger partial charge is 0.354 e. The number of amides is 1. The van der Waals surface area contributed by atoms with Crippen molar-refractivity contribution in [1.82, 2.24) is 10.6 Å². The first-order chi connectivity index (χ1) is 5.50. The molecule has 12 heavy (non-hydrogen) atoms. The van der Waals surface area contributed by atoms with Crippen LogP contribution in [0.3, 0.4) is 0 Å². The molecular weight excluding hydrogens is 173 g/mol. The molecule has 0 aliphatic carbocycles. The van der Waals surface area contributed by atoms with E-state index >= 15 is 0 Å². The summed E-state index contributed by atoms with van der Waals surface area (Å²) in [5.41, 5.74) is 0. The molecule has 1 atom stereocenters. The van der Waals surface area contributed by atoms with Crippen LogP contribution in [-0.4, -0.2) is 31.2 Å². The lowest BCUT2D eigenvalue weighted by Gasteiger charge is -2.18. The molecule has 3 nitrogen and oxygen atoms in total. The van der Waals surface area contributed by atoms with Crippen LogP contribution in [0.1, 0.15) is 6.42 Å². The molecule has 0 bridgehead atoms. The molecule has 1 saturated heterocycles. The second-order valence-electron chi connectivity index (χ2n) is 2.60. The van der Waals surface area contributed by atoms with Crippen LogP contribution in [0.25, 0.3) is 0 Å². The molecular formula is C6H9F3N2O. The molecule has 1 aliphatic heterocycles. The van der Waals surface area contributed by atoms with E-state index < -0.39 is 12.2 Å². The van der Waals surface area contributed by atoms with Crippen molar-refractivity contribution >= 4 is 5.91 Å². The summed E-state index contributed by atoms with van der Waals surface area (Å²) in [6.07, 6.45) is -4.18. The van der Waals surface area contributed by atoms with Crippen LogP contribution in [0.4, 0.5) is 13.2 Å². The predicted molar refractivity (Wildman–Crippen MR) is 35.5 cm³/mol. The average Bonchev–Trinajstić information content (AvgIpc) is 2.11. The number of nitrogens with one attached hydrogen (secondary N) is 2. The topological polar surface area (TPSA) is 41.1 Å². The molecule has 0 aromatic rings. The normalized spacial score (nSPS) is 26.2. The van der Waals surface area contributed by atoms with Gasteiger partial charge in [-0.15, -0.1) is 0 Å². The van der Waals surface area contributed by atoms with Gasteiger partial charge >= 0.3 is 6.18 Å². The van der Waals surface area contributed by atoms with Gasteiger partial charge in [-0.2, -0.15) is 13.2 Å². The number of alkyl halides is 3. The highest BCUT2D eigenvalue weighted by atomic mass is 19.4. The molecule has 0 aromatic carbocycles. The summed E-state index contributed by atoms with van der Waals surface area (Å²) >= 11 is 0. The van der Waals surface area contributed by atoms with Gasteiger partial charge in [-0.05, 0) is 0 Å². The van der Waals surface area contributed by atoms with Gasteiger partial charge < -0.3 is 10.6 Å². The van der Waals surface area contributed by atoms with Gasteiger partial charge in [-0.1, -0.05) is 0 Å². The minimum Gasteiger partial charge on any atom is -0.354 e. The fourth-order valence-corrected chi connectivity index (χ4v) is 0.968. The van der Waals surface area contributed by atoms with E-state index in [0.29, 0.717) is 0 Å². The fraction of sp³-hybridized carbons (Fsp3) is 0.833. The van der Waals surface area contributed by atoms with Crippen LogP contribution < -0.4 is 10.6 Å². The number of carbonyl (C=O) groups is 1. The Morgan fingerprint density at radius 3 is 2.67 bits per heavy atom. The number of hydrogen-bond acceptors (Lipinski definition) is 2. The predicted octanol–water partition coefficient (Wildman–Crippen LogP) is 0.0268. The molecule has 1 amide bonds. The van der Waals surface area contributed by atoms with Crippen LogP contribution in [0, 0.1) is 0 Å². The molecule has 1 rings (SSSR count). The van der Waals surface area contributed by atoms with E-state index in [1.54, 1.807) is 0 Å². The summed E-state index contributed by atoms with van der Waals surface area (Å²) in [7, 11) is 0. The van der Waals surface area contributed by atoms with Crippen LogP contribution in [0.2, 0.25) is 0 Å². The van der Waals surface area contributed by atoms with E-state index in [2.05, 4.69) is 10.6 Å². The molecule has 0 aromatic heterocycles. The van der Waals surface area contributed by atoms with Crippen LogP contribution in [0.15, 0.2) is 0 Å². The van der Waals surface area contributed by atoms with Gasteiger partial charge in [0.2, 0.25) is 5.91 Å². The first-order valence-electron chi connectivity index (χ1n) is 3.57. The lowest BCUT2D eigenvalue weighted by Crippen LogP contribution is -2.47. The molecule has 6 heteroatoms. The molecule has 2 N–H and O–H groups in total. The zero-order valence-corrected chi connectivity index (χ0v) is 6.24. The van der Waals surface area contributed by atoms with Crippen molar-refractivity contribution < 1.29 is 18.0 Å². The molecule has 70 valence electrons. The zero-order valence-electron chi connectivity index (χ0n) is 6.24. The van der Waals surface area contributed by atoms with Crippen molar-refractivity contribution in [1.29, 1.82) is 0 Å². The van der Waals surface area contributed by atoms with E-state index in [4.69, 9.17) is 0 Å². The monoisotopic (exact) mass is 182 g/mol. The van der Waals surface area contributed by atoms with Gasteiger partial charge in [-0.25, -0.2) is 0 Å². The Kier molecular flexibility index (Phi) is 2.56. The first kappa shape index (κ1) is 9.31. The third kappa shape index (κ3) is 2.37. The van der Waals surface area contributed by atoms with Gasteiger partial charge in [0.1, 0.15) is 6.04 Å².